The van der Waals surface area contributed by atoms with E-state index in [2.05, 4.69) is 27.1 Å². The Morgan fingerprint density at radius 1 is 1.08 bits per heavy atom. The molecule has 2 heterocycles. The summed E-state index contributed by atoms with van der Waals surface area (Å²) in [6.45, 7) is 0.647. The van der Waals surface area contributed by atoms with Gasteiger partial charge in [0.25, 0.3) is 0 Å². The van der Waals surface area contributed by atoms with Crippen LogP contribution in [0.15, 0.2) is 53.7 Å². The van der Waals surface area contributed by atoms with Crippen LogP contribution in [0.1, 0.15) is 11.1 Å². The largest absolute Gasteiger partial charge is 0.494 e. The number of rotatable bonds is 4. The first-order chi connectivity index (χ1) is 11.7. The Hall–Kier alpha value is -2.72. The molecule has 0 spiro atoms. The van der Waals surface area contributed by atoms with Crippen molar-refractivity contribution in [2.75, 3.05) is 6.54 Å². The zero-order valence-corrected chi connectivity index (χ0v) is 13.6. The molecule has 0 atom stereocenters. The van der Waals surface area contributed by atoms with Gasteiger partial charge in [0, 0.05) is 45.8 Å². The SMILES string of the molecule is Oc1[nH]c2ccc(Cl)cc2c1C=NCCc1c[nH]c2ccccc12. The van der Waals surface area contributed by atoms with Gasteiger partial charge in [-0.05, 0) is 36.2 Å². The molecule has 4 rings (SSSR count). The summed E-state index contributed by atoms with van der Waals surface area (Å²) in [6.07, 6.45) is 4.58. The van der Waals surface area contributed by atoms with Crippen molar-refractivity contribution in [2.24, 2.45) is 4.99 Å². The van der Waals surface area contributed by atoms with Crippen LogP contribution >= 0.6 is 11.6 Å². The standard InChI is InChI=1S/C19H16ClN3O/c20-13-5-6-18-15(9-13)16(19(24)23-18)11-21-8-7-12-10-22-17-4-2-1-3-14(12)17/h1-6,9-11,22-24H,7-8H2. The summed E-state index contributed by atoms with van der Waals surface area (Å²) >= 11 is 6.04. The molecule has 24 heavy (non-hydrogen) atoms. The average molecular weight is 338 g/mol. The molecule has 3 N–H and O–H groups in total. The van der Waals surface area contributed by atoms with Crippen molar-refractivity contribution in [3.63, 3.8) is 0 Å². The summed E-state index contributed by atoms with van der Waals surface area (Å²) in [4.78, 5) is 10.7. The molecule has 0 aliphatic rings. The summed E-state index contributed by atoms with van der Waals surface area (Å²) in [5.41, 5.74) is 3.90. The van der Waals surface area contributed by atoms with Gasteiger partial charge in [0.15, 0.2) is 5.88 Å². The van der Waals surface area contributed by atoms with E-state index in [1.165, 1.54) is 10.9 Å². The Bertz CT molecular complexity index is 1050. The molecule has 0 saturated carbocycles. The molecular formula is C19H16ClN3O. The van der Waals surface area contributed by atoms with Crippen molar-refractivity contribution < 1.29 is 5.11 Å². The van der Waals surface area contributed by atoms with Gasteiger partial charge in [-0.2, -0.15) is 0 Å². The minimum absolute atomic E-state index is 0.114. The lowest BCUT2D eigenvalue weighted by Crippen LogP contribution is -1.89. The molecule has 0 aliphatic heterocycles. The second-order valence-electron chi connectivity index (χ2n) is 5.72. The molecule has 0 aliphatic carbocycles. The molecule has 0 unspecified atom stereocenters. The lowest BCUT2D eigenvalue weighted by molar-refractivity contribution is 0.457. The molecule has 0 fully saturated rings. The highest BCUT2D eigenvalue weighted by atomic mass is 35.5. The fourth-order valence-corrected chi connectivity index (χ4v) is 3.15. The van der Waals surface area contributed by atoms with E-state index < -0.39 is 0 Å². The number of aromatic hydroxyl groups is 1. The van der Waals surface area contributed by atoms with E-state index in [-0.39, 0.29) is 5.88 Å². The number of halogens is 1. The number of hydrogen-bond acceptors (Lipinski definition) is 2. The van der Waals surface area contributed by atoms with E-state index in [4.69, 9.17) is 11.6 Å². The maximum Gasteiger partial charge on any atom is 0.198 e. The van der Waals surface area contributed by atoms with Crippen LogP contribution in [0.4, 0.5) is 0 Å². The highest BCUT2D eigenvalue weighted by Gasteiger charge is 2.09. The maximum absolute atomic E-state index is 10.1. The predicted octanol–water partition coefficient (Wildman–Crippen LogP) is 4.67. The fraction of sp³-hybridized carbons (Fsp3) is 0.105. The zero-order chi connectivity index (χ0) is 16.5. The minimum atomic E-state index is 0.114. The van der Waals surface area contributed by atoms with Crippen molar-refractivity contribution in [3.8, 4) is 5.88 Å². The predicted molar refractivity (Wildman–Crippen MR) is 99.4 cm³/mol. The van der Waals surface area contributed by atoms with Crippen LogP contribution in [-0.4, -0.2) is 27.8 Å². The van der Waals surface area contributed by atoms with Gasteiger partial charge in [0.05, 0.1) is 5.56 Å². The first kappa shape index (κ1) is 14.8. The summed E-state index contributed by atoms with van der Waals surface area (Å²) < 4.78 is 0. The molecule has 0 bridgehead atoms. The molecule has 0 amide bonds. The number of aliphatic imine (C=N–C) groups is 1. The van der Waals surface area contributed by atoms with Gasteiger partial charge in [0.2, 0.25) is 0 Å². The number of benzene rings is 2. The first-order valence-corrected chi connectivity index (χ1v) is 8.15. The van der Waals surface area contributed by atoms with Gasteiger partial charge in [-0.25, -0.2) is 0 Å². The van der Waals surface area contributed by atoms with Gasteiger partial charge in [-0.3, -0.25) is 4.99 Å². The van der Waals surface area contributed by atoms with Gasteiger partial charge in [0.1, 0.15) is 0 Å². The fourth-order valence-electron chi connectivity index (χ4n) is 2.98. The van der Waals surface area contributed by atoms with E-state index >= 15 is 0 Å². The first-order valence-electron chi connectivity index (χ1n) is 7.77. The van der Waals surface area contributed by atoms with Crippen molar-refractivity contribution in [3.05, 3.63) is 64.8 Å². The van der Waals surface area contributed by atoms with E-state index in [9.17, 15) is 5.11 Å². The summed E-state index contributed by atoms with van der Waals surface area (Å²) in [7, 11) is 0. The molecule has 120 valence electrons. The van der Waals surface area contributed by atoms with Crippen LogP contribution in [0.25, 0.3) is 21.8 Å². The van der Waals surface area contributed by atoms with Crippen molar-refractivity contribution in [2.45, 2.75) is 6.42 Å². The van der Waals surface area contributed by atoms with Gasteiger partial charge in [-0.15, -0.1) is 0 Å². The number of hydrogen-bond donors (Lipinski definition) is 3. The zero-order valence-electron chi connectivity index (χ0n) is 12.9. The quantitative estimate of drug-likeness (QED) is 0.465. The lowest BCUT2D eigenvalue weighted by atomic mass is 10.1. The smallest absolute Gasteiger partial charge is 0.198 e. The summed E-state index contributed by atoms with van der Waals surface area (Å²) in [6, 6.07) is 13.7. The van der Waals surface area contributed by atoms with E-state index in [1.54, 1.807) is 12.3 Å². The molecule has 2 aromatic carbocycles. The number of para-hydroxylation sites is 1. The van der Waals surface area contributed by atoms with Crippen LogP contribution in [0.2, 0.25) is 5.02 Å². The van der Waals surface area contributed by atoms with E-state index in [1.807, 2.05) is 30.5 Å². The van der Waals surface area contributed by atoms with Crippen LogP contribution < -0.4 is 0 Å². The number of nitrogens with one attached hydrogen (secondary N) is 2. The molecule has 0 saturated heterocycles. The molecule has 2 aromatic heterocycles. The molecule has 4 aromatic rings. The highest BCUT2D eigenvalue weighted by Crippen LogP contribution is 2.28. The van der Waals surface area contributed by atoms with E-state index in [0.717, 1.165) is 22.8 Å². The molecule has 0 radical (unpaired) electrons. The second-order valence-corrected chi connectivity index (χ2v) is 6.16. The third-order valence-electron chi connectivity index (χ3n) is 4.19. The minimum Gasteiger partial charge on any atom is -0.494 e. The molecule has 5 heteroatoms. The summed E-state index contributed by atoms with van der Waals surface area (Å²) in [5.74, 6) is 0.114. The van der Waals surface area contributed by atoms with Gasteiger partial charge < -0.3 is 15.1 Å². The second kappa shape index (κ2) is 6.06. The Morgan fingerprint density at radius 3 is 2.88 bits per heavy atom. The van der Waals surface area contributed by atoms with Gasteiger partial charge >= 0.3 is 0 Å². The van der Waals surface area contributed by atoms with E-state index in [0.29, 0.717) is 17.1 Å². The van der Waals surface area contributed by atoms with Crippen molar-refractivity contribution in [1.29, 1.82) is 0 Å². The normalized spacial score (nSPS) is 11.9. The third kappa shape index (κ3) is 2.65. The summed E-state index contributed by atoms with van der Waals surface area (Å²) in [5, 5.41) is 12.8. The average Bonchev–Trinajstić information content (AvgIpc) is 3.13. The highest BCUT2D eigenvalue weighted by molar-refractivity contribution is 6.31. The van der Waals surface area contributed by atoms with Gasteiger partial charge in [-0.1, -0.05) is 29.8 Å². The number of aromatic nitrogens is 2. The lowest BCUT2D eigenvalue weighted by Gasteiger charge is -1.97. The van der Waals surface area contributed by atoms with Crippen LogP contribution in [0.3, 0.4) is 0 Å². The monoisotopic (exact) mass is 337 g/mol. The molecule has 4 nitrogen and oxygen atoms in total. The Labute approximate surface area is 143 Å². The number of aromatic amines is 2. The number of H-pyrrole nitrogens is 2. The molecular weight excluding hydrogens is 322 g/mol. The van der Waals surface area contributed by atoms with Crippen LogP contribution in [-0.2, 0) is 6.42 Å². The Kier molecular flexibility index (Phi) is 3.75. The van der Waals surface area contributed by atoms with Crippen LogP contribution in [0.5, 0.6) is 5.88 Å². The topological polar surface area (TPSA) is 64.2 Å². The third-order valence-corrected chi connectivity index (χ3v) is 4.42. The Morgan fingerprint density at radius 2 is 1.96 bits per heavy atom. The van der Waals surface area contributed by atoms with Crippen molar-refractivity contribution in [1.82, 2.24) is 9.97 Å². The number of fused-ring (bicyclic) bond motifs is 2. The van der Waals surface area contributed by atoms with Crippen molar-refractivity contribution >= 4 is 39.6 Å². The number of nitrogens with zero attached hydrogens (tertiary/aromatic N) is 1. The Balaban J connectivity index is 1.54. The maximum atomic E-state index is 10.1. The van der Waals surface area contributed by atoms with Crippen LogP contribution in [0, 0.1) is 0 Å².